The monoisotopic (exact) mass is 519 g/mol. The number of rotatable bonds is 9. The number of aromatic nitrogens is 2. The van der Waals surface area contributed by atoms with Crippen LogP contribution in [0.5, 0.6) is 0 Å². The second-order valence-corrected chi connectivity index (χ2v) is 9.47. The van der Waals surface area contributed by atoms with E-state index in [0.717, 1.165) is 29.0 Å². The molecule has 0 unspecified atom stereocenters. The summed E-state index contributed by atoms with van der Waals surface area (Å²) in [5, 5.41) is 13.1. The summed E-state index contributed by atoms with van der Waals surface area (Å²) in [5.41, 5.74) is 3.23. The molecular formula is C27H33N7O2S. The zero-order valence-electron chi connectivity index (χ0n) is 20.8. The van der Waals surface area contributed by atoms with Crippen LogP contribution in [-0.4, -0.2) is 77.7 Å². The fraction of sp³-hybridized carbons (Fsp3) is 0.333. The van der Waals surface area contributed by atoms with Gasteiger partial charge in [0.25, 0.3) is 0 Å². The first-order chi connectivity index (χ1) is 18.0. The van der Waals surface area contributed by atoms with Crippen molar-refractivity contribution < 1.29 is 9.59 Å². The number of benzene rings is 2. The molecule has 194 valence electrons. The number of amides is 2. The Morgan fingerprint density at radius 1 is 0.973 bits per heavy atom. The van der Waals surface area contributed by atoms with Crippen LogP contribution in [0.4, 0.5) is 5.69 Å². The van der Waals surface area contributed by atoms with Gasteiger partial charge in [0.05, 0.1) is 25.0 Å². The maximum Gasteiger partial charge on any atom is 0.242 e. The highest BCUT2D eigenvalue weighted by molar-refractivity contribution is 7.80. The van der Waals surface area contributed by atoms with Crippen LogP contribution < -0.4 is 16.1 Å². The standard InChI is InChI=1S/C27H33N7O2S/c28-34-16-6-15-32(17-18-34)26(36)20-33(19-25(35)29-13-11-21-7-4-5-10-24(21)37)23-12-14-30-31-27(23)22-8-2-1-3-9-22/h1-5,7-10,12,14,37H,6,11,13,15-20,28H2,(H,29,35). The van der Waals surface area contributed by atoms with Gasteiger partial charge in [-0.3, -0.25) is 15.4 Å². The third kappa shape index (κ3) is 7.51. The molecule has 2 amide bonds. The summed E-state index contributed by atoms with van der Waals surface area (Å²) >= 11 is 4.49. The Morgan fingerprint density at radius 3 is 2.57 bits per heavy atom. The van der Waals surface area contributed by atoms with Crippen LogP contribution in [0.25, 0.3) is 11.3 Å². The molecule has 2 heterocycles. The summed E-state index contributed by atoms with van der Waals surface area (Å²) in [6, 6.07) is 19.3. The maximum atomic E-state index is 13.4. The van der Waals surface area contributed by atoms with E-state index in [1.165, 1.54) is 0 Å². The molecule has 3 N–H and O–H groups in total. The molecule has 0 radical (unpaired) electrons. The summed E-state index contributed by atoms with van der Waals surface area (Å²) in [5.74, 6) is 5.72. The second kappa shape index (κ2) is 13.2. The van der Waals surface area contributed by atoms with Gasteiger partial charge in [-0.2, -0.15) is 5.10 Å². The van der Waals surface area contributed by atoms with E-state index in [9.17, 15) is 9.59 Å². The Balaban J connectivity index is 1.51. The zero-order chi connectivity index (χ0) is 26.0. The Morgan fingerprint density at radius 2 is 1.76 bits per heavy atom. The summed E-state index contributed by atoms with van der Waals surface area (Å²) in [6.45, 7) is 3.08. The van der Waals surface area contributed by atoms with Crippen molar-refractivity contribution in [2.75, 3.05) is 50.7 Å². The molecule has 0 bridgehead atoms. The summed E-state index contributed by atoms with van der Waals surface area (Å²) in [4.78, 5) is 30.9. The molecule has 0 saturated carbocycles. The lowest BCUT2D eigenvalue weighted by Gasteiger charge is -2.28. The molecule has 1 aliphatic rings. The topological polar surface area (TPSA) is 108 Å². The summed E-state index contributed by atoms with van der Waals surface area (Å²) < 4.78 is 0. The average molecular weight is 520 g/mol. The highest BCUT2D eigenvalue weighted by Crippen LogP contribution is 2.28. The Hall–Kier alpha value is -3.47. The number of thiol groups is 1. The molecule has 9 nitrogen and oxygen atoms in total. The summed E-state index contributed by atoms with van der Waals surface area (Å²) in [7, 11) is 0. The normalized spacial score (nSPS) is 14.2. The number of hydrazine groups is 1. The Bertz CT molecular complexity index is 1190. The molecule has 1 aliphatic heterocycles. The van der Waals surface area contributed by atoms with Crippen LogP contribution in [0, 0.1) is 0 Å². The van der Waals surface area contributed by atoms with E-state index >= 15 is 0 Å². The molecule has 0 spiro atoms. The number of nitrogens with one attached hydrogen (secondary N) is 1. The van der Waals surface area contributed by atoms with Gasteiger partial charge in [-0.05, 0) is 30.5 Å². The van der Waals surface area contributed by atoms with Crippen molar-refractivity contribution in [1.82, 2.24) is 25.4 Å². The Kier molecular flexibility index (Phi) is 9.47. The predicted octanol–water partition coefficient (Wildman–Crippen LogP) is 2.01. The number of hydrogen-bond donors (Lipinski definition) is 3. The first kappa shape index (κ1) is 26.6. The van der Waals surface area contributed by atoms with Gasteiger partial charge in [-0.15, -0.1) is 17.7 Å². The van der Waals surface area contributed by atoms with Crippen LogP contribution in [0.3, 0.4) is 0 Å². The number of hydrogen-bond acceptors (Lipinski definition) is 8. The Labute approximate surface area is 223 Å². The second-order valence-electron chi connectivity index (χ2n) is 8.99. The van der Waals surface area contributed by atoms with E-state index in [0.29, 0.717) is 44.0 Å². The van der Waals surface area contributed by atoms with Crippen LogP contribution in [-0.2, 0) is 16.0 Å². The number of nitrogens with two attached hydrogens (primary N) is 1. The van der Waals surface area contributed by atoms with Crippen molar-refractivity contribution in [2.24, 2.45) is 5.84 Å². The molecule has 1 fully saturated rings. The van der Waals surface area contributed by atoms with Gasteiger partial charge in [0, 0.05) is 43.2 Å². The SMILES string of the molecule is NN1CCCN(C(=O)CN(CC(=O)NCCc2ccccc2S)c2ccnnc2-c2ccccc2)CC1. The highest BCUT2D eigenvalue weighted by atomic mass is 32.1. The van der Waals surface area contributed by atoms with Gasteiger partial charge in [0.2, 0.25) is 11.8 Å². The first-order valence-electron chi connectivity index (χ1n) is 12.4. The molecular weight excluding hydrogens is 486 g/mol. The first-order valence-corrected chi connectivity index (χ1v) is 12.9. The van der Waals surface area contributed by atoms with Gasteiger partial charge in [-0.1, -0.05) is 48.5 Å². The zero-order valence-corrected chi connectivity index (χ0v) is 21.7. The summed E-state index contributed by atoms with van der Waals surface area (Å²) in [6.07, 6.45) is 3.06. The van der Waals surface area contributed by atoms with Gasteiger partial charge in [0.1, 0.15) is 5.69 Å². The number of carbonyl (C=O) groups excluding carboxylic acids is 2. The third-order valence-corrected chi connectivity index (χ3v) is 6.78. The van der Waals surface area contributed by atoms with Crippen molar-refractivity contribution in [3.63, 3.8) is 0 Å². The van der Waals surface area contributed by atoms with Gasteiger partial charge >= 0.3 is 0 Å². The van der Waals surface area contributed by atoms with Crippen LogP contribution in [0.15, 0.2) is 71.8 Å². The number of anilines is 1. The van der Waals surface area contributed by atoms with Crippen molar-refractivity contribution in [3.8, 4) is 11.3 Å². The number of carbonyl (C=O) groups is 2. The fourth-order valence-corrected chi connectivity index (χ4v) is 4.62. The molecule has 10 heteroatoms. The van der Waals surface area contributed by atoms with Crippen molar-refractivity contribution in [1.29, 1.82) is 0 Å². The van der Waals surface area contributed by atoms with Crippen LogP contribution in [0.1, 0.15) is 12.0 Å². The van der Waals surface area contributed by atoms with Crippen molar-refractivity contribution >= 4 is 30.1 Å². The van der Waals surface area contributed by atoms with E-state index in [1.54, 1.807) is 22.2 Å². The molecule has 37 heavy (non-hydrogen) atoms. The minimum Gasteiger partial charge on any atom is -0.354 e. The van der Waals surface area contributed by atoms with Gasteiger partial charge in [0.15, 0.2) is 0 Å². The third-order valence-electron chi connectivity index (χ3n) is 6.34. The minimum atomic E-state index is -0.177. The van der Waals surface area contributed by atoms with E-state index in [-0.39, 0.29) is 24.9 Å². The molecule has 4 rings (SSSR count). The van der Waals surface area contributed by atoms with E-state index in [2.05, 4.69) is 28.1 Å². The van der Waals surface area contributed by atoms with Crippen LogP contribution in [0.2, 0.25) is 0 Å². The van der Waals surface area contributed by atoms with Gasteiger partial charge < -0.3 is 15.1 Å². The lowest BCUT2D eigenvalue weighted by Crippen LogP contribution is -2.46. The van der Waals surface area contributed by atoms with Gasteiger partial charge in [-0.25, -0.2) is 5.01 Å². The smallest absolute Gasteiger partial charge is 0.242 e. The molecule has 0 aliphatic carbocycles. The molecule has 2 aromatic carbocycles. The molecule has 1 saturated heterocycles. The van der Waals surface area contributed by atoms with Crippen molar-refractivity contribution in [3.05, 3.63) is 72.4 Å². The van der Waals surface area contributed by atoms with E-state index < -0.39 is 0 Å². The number of nitrogens with zero attached hydrogens (tertiary/aromatic N) is 5. The molecule has 1 aromatic heterocycles. The quantitative estimate of drug-likeness (QED) is 0.293. The van der Waals surface area contributed by atoms with Crippen LogP contribution >= 0.6 is 12.6 Å². The lowest BCUT2D eigenvalue weighted by atomic mass is 10.1. The van der Waals surface area contributed by atoms with E-state index in [4.69, 9.17) is 5.84 Å². The van der Waals surface area contributed by atoms with E-state index in [1.807, 2.05) is 59.5 Å². The predicted molar refractivity (Wildman–Crippen MR) is 147 cm³/mol. The van der Waals surface area contributed by atoms with Crippen molar-refractivity contribution in [2.45, 2.75) is 17.7 Å². The fourth-order valence-electron chi connectivity index (χ4n) is 4.35. The molecule has 3 aromatic rings. The largest absolute Gasteiger partial charge is 0.354 e. The average Bonchev–Trinajstić information content (AvgIpc) is 3.14. The molecule has 0 atom stereocenters. The lowest BCUT2D eigenvalue weighted by molar-refractivity contribution is -0.129. The highest BCUT2D eigenvalue weighted by Gasteiger charge is 2.24. The minimum absolute atomic E-state index is 0.0106. The maximum absolute atomic E-state index is 13.4.